The molecule has 0 bridgehead atoms. The molecule has 0 spiro atoms. The molecule has 1 aromatic carbocycles. The van der Waals surface area contributed by atoms with Crippen molar-refractivity contribution < 1.29 is 8.78 Å². The molecule has 0 amide bonds. The van der Waals surface area contributed by atoms with Gasteiger partial charge in [0.25, 0.3) is 0 Å². The highest BCUT2D eigenvalue weighted by Crippen LogP contribution is 2.25. The lowest BCUT2D eigenvalue weighted by molar-refractivity contribution is 0.597. The van der Waals surface area contributed by atoms with Gasteiger partial charge >= 0.3 is 0 Å². The molecule has 0 unspecified atom stereocenters. The molecule has 0 saturated heterocycles. The molecule has 1 aromatic heterocycles. The zero-order valence-corrected chi connectivity index (χ0v) is 12.3. The molecular weight excluding hydrogens is 330 g/mol. The first kappa shape index (κ1) is 14.6. The predicted molar refractivity (Wildman–Crippen MR) is 78.2 cm³/mol. The van der Waals surface area contributed by atoms with Gasteiger partial charge in [-0.3, -0.25) is 4.98 Å². The molecule has 0 saturated carbocycles. The standard InChI is InChI=1S/C13H13BrF2N4/c1-2-3-18-12-6-17-7-13(20-12)19-11-5-9(15)8(14)4-10(11)16/h4-7H,2-3H2,1H3,(H2,18,19,20). The summed E-state index contributed by atoms with van der Waals surface area (Å²) in [6.07, 6.45) is 3.96. The van der Waals surface area contributed by atoms with Crippen molar-refractivity contribution in [3.63, 3.8) is 0 Å². The average molecular weight is 343 g/mol. The SMILES string of the molecule is CCCNc1cncc(Nc2cc(F)c(Br)cc2F)n1. The van der Waals surface area contributed by atoms with Gasteiger partial charge in [-0.15, -0.1) is 0 Å². The summed E-state index contributed by atoms with van der Waals surface area (Å²) in [6, 6.07) is 2.12. The molecule has 0 aliphatic rings. The van der Waals surface area contributed by atoms with Gasteiger partial charge in [0.2, 0.25) is 0 Å². The highest BCUT2D eigenvalue weighted by atomic mass is 79.9. The third kappa shape index (κ3) is 3.63. The van der Waals surface area contributed by atoms with Crippen LogP contribution < -0.4 is 10.6 Å². The Bertz CT molecular complexity index is 607. The van der Waals surface area contributed by atoms with Crippen molar-refractivity contribution in [1.82, 2.24) is 9.97 Å². The van der Waals surface area contributed by atoms with Crippen molar-refractivity contribution in [2.45, 2.75) is 13.3 Å². The fourth-order valence-electron chi connectivity index (χ4n) is 1.52. The van der Waals surface area contributed by atoms with E-state index in [1.54, 1.807) is 6.20 Å². The first-order chi connectivity index (χ1) is 9.60. The Labute approximate surface area is 123 Å². The lowest BCUT2D eigenvalue weighted by Gasteiger charge is -2.09. The van der Waals surface area contributed by atoms with Gasteiger partial charge in [-0.25, -0.2) is 13.8 Å². The number of anilines is 3. The third-order valence-corrected chi connectivity index (χ3v) is 3.07. The number of hydrogen-bond donors (Lipinski definition) is 2. The number of aromatic nitrogens is 2. The van der Waals surface area contributed by atoms with E-state index in [1.807, 2.05) is 6.92 Å². The van der Waals surface area contributed by atoms with Gasteiger partial charge in [0.1, 0.15) is 17.5 Å². The van der Waals surface area contributed by atoms with Gasteiger partial charge in [0.15, 0.2) is 5.82 Å². The Balaban J connectivity index is 2.19. The normalized spacial score (nSPS) is 10.4. The first-order valence-corrected chi connectivity index (χ1v) is 6.87. The van der Waals surface area contributed by atoms with Crippen LogP contribution in [0.2, 0.25) is 0 Å². The fraction of sp³-hybridized carbons (Fsp3) is 0.231. The van der Waals surface area contributed by atoms with Gasteiger partial charge in [0, 0.05) is 12.6 Å². The number of nitrogens with one attached hydrogen (secondary N) is 2. The summed E-state index contributed by atoms with van der Waals surface area (Å²) in [6.45, 7) is 2.79. The zero-order chi connectivity index (χ0) is 14.5. The summed E-state index contributed by atoms with van der Waals surface area (Å²) in [4.78, 5) is 8.20. The van der Waals surface area contributed by atoms with Gasteiger partial charge < -0.3 is 10.6 Å². The van der Waals surface area contributed by atoms with Crippen molar-refractivity contribution in [3.8, 4) is 0 Å². The van der Waals surface area contributed by atoms with E-state index in [1.165, 1.54) is 6.20 Å². The van der Waals surface area contributed by atoms with Gasteiger partial charge in [0.05, 0.1) is 22.6 Å². The second-order valence-electron chi connectivity index (χ2n) is 4.09. The average Bonchev–Trinajstić information content (AvgIpc) is 2.43. The van der Waals surface area contributed by atoms with Gasteiger partial charge in [-0.05, 0) is 28.4 Å². The first-order valence-electron chi connectivity index (χ1n) is 6.07. The minimum Gasteiger partial charge on any atom is -0.369 e. The van der Waals surface area contributed by atoms with Crippen LogP contribution in [-0.2, 0) is 0 Å². The Hall–Kier alpha value is -1.76. The van der Waals surface area contributed by atoms with Crippen LogP contribution >= 0.6 is 15.9 Å². The maximum Gasteiger partial charge on any atom is 0.151 e. The van der Waals surface area contributed by atoms with Crippen molar-refractivity contribution in [1.29, 1.82) is 0 Å². The summed E-state index contributed by atoms with van der Waals surface area (Å²) in [5.74, 6) is -0.212. The molecular formula is C13H13BrF2N4. The van der Waals surface area contributed by atoms with Crippen LogP contribution in [0.4, 0.5) is 26.1 Å². The van der Waals surface area contributed by atoms with Crippen LogP contribution in [0.25, 0.3) is 0 Å². The van der Waals surface area contributed by atoms with E-state index in [-0.39, 0.29) is 10.2 Å². The van der Waals surface area contributed by atoms with Crippen LogP contribution in [-0.4, -0.2) is 16.5 Å². The molecule has 0 fully saturated rings. The molecule has 0 aliphatic carbocycles. The lowest BCUT2D eigenvalue weighted by atomic mass is 10.3. The summed E-state index contributed by atoms with van der Waals surface area (Å²) in [5, 5.41) is 5.77. The lowest BCUT2D eigenvalue weighted by Crippen LogP contribution is -2.04. The number of benzene rings is 1. The van der Waals surface area contributed by atoms with Crippen LogP contribution in [0, 0.1) is 11.6 Å². The molecule has 106 valence electrons. The molecule has 2 rings (SSSR count). The molecule has 0 aliphatic heterocycles. The van der Waals surface area contributed by atoms with E-state index in [2.05, 4.69) is 36.5 Å². The minimum absolute atomic E-state index is 0.00708. The van der Waals surface area contributed by atoms with E-state index in [0.717, 1.165) is 25.1 Å². The second-order valence-corrected chi connectivity index (χ2v) is 4.94. The van der Waals surface area contributed by atoms with E-state index in [9.17, 15) is 8.78 Å². The largest absolute Gasteiger partial charge is 0.369 e. The number of nitrogens with zero attached hydrogens (tertiary/aromatic N) is 2. The van der Waals surface area contributed by atoms with Gasteiger partial charge in [-0.2, -0.15) is 0 Å². The molecule has 2 aromatic rings. The van der Waals surface area contributed by atoms with Crippen LogP contribution in [0.5, 0.6) is 0 Å². The summed E-state index contributed by atoms with van der Waals surface area (Å²) in [7, 11) is 0. The third-order valence-electron chi connectivity index (χ3n) is 2.46. The van der Waals surface area contributed by atoms with Crippen molar-refractivity contribution in [3.05, 3.63) is 40.6 Å². The summed E-state index contributed by atoms with van der Waals surface area (Å²) < 4.78 is 27.2. The quantitative estimate of drug-likeness (QED) is 0.803. The monoisotopic (exact) mass is 342 g/mol. The Kier molecular flexibility index (Phi) is 4.84. The number of rotatable bonds is 5. The van der Waals surface area contributed by atoms with E-state index < -0.39 is 11.6 Å². The maximum absolute atomic E-state index is 13.7. The highest BCUT2D eigenvalue weighted by Gasteiger charge is 2.09. The Morgan fingerprint density at radius 3 is 2.65 bits per heavy atom. The van der Waals surface area contributed by atoms with Crippen molar-refractivity contribution >= 4 is 33.3 Å². The molecule has 0 radical (unpaired) electrons. The number of halogens is 3. The highest BCUT2D eigenvalue weighted by molar-refractivity contribution is 9.10. The topological polar surface area (TPSA) is 49.8 Å². The predicted octanol–water partition coefficient (Wildman–Crippen LogP) is 4.08. The molecule has 20 heavy (non-hydrogen) atoms. The van der Waals surface area contributed by atoms with E-state index >= 15 is 0 Å². The van der Waals surface area contributed by atoms with Crippen LogP contribution in [0.1, 0.15) is 13.3 Å². The van der Waals surface area contributed by atoms with Crippen molar-refractivity contribution in [2.75, 3.05) is 17.2 Å². The minimum atomic E-state index is -0.577. The second kappa shape index (κ2) is 6.60. The van der Waals surface area contributed by atoms with E-state index in [0.29, 0.717) is 11.6 Å². The molecule has 1 heterocycles. The number of hydrogen-bond acceptors (Lipinski definition) is 4. The molecule has 4 nitrogen and oxygen atoms in total. The molecule has 0 atom stereocenters. The van der Waals surface area contributed by atoms with E-state index in [4.69, 9.17) is 0 Å². The van der Waals surface area contributed by atoms with Crippen LogP contribution in [0.3, 0.4) is 0 Å². The smallest absolute Gasteiger partial charge is 0.151 e. The van der Waals surface area contributed by atoms with Crippen LogP contribution in [0.15, 0.2) is 29.0 Å². The maximum atomic E-state index is 13.7. The zero-order valence-electron chi connectivity index (χ0n) is 10.8. The Morgan fingerprint density at radius 1 is 1.15 bits per heavy atom. The van der Waals surface area contributed by atoms with Gasteiger partial charge in [-0.1, -0.05) is 6.92 Å². The Morgan fingerprint density at radius 2 is 1.90 bits per heavy atom. The molecule has 7 heteroatoms. The van der Waals surface area contributed by atoms with Crippen molar-refractivity contribution in [2.24, 2.45) is 0 Å². The fourth-order valence-corrected chi connectivity index (χ4v) is 1.84. The summed E-state index contributed by atoms with van der Waals surface area (Å²) in [5.41, 5.74) is 0.00708. The molecule has 2 N–H and O–H groups in total. The summed E-state index contributed by atoms with van der Waals surface area (Å²) >= 11 is 2.92.